The normalized spacial score (nSPS) is 20.4. The number of anilines is 1. The molecular weight excluding hydrogens is 300 g/mol. The first-order chi connectivity index (χ1) is 8.95. The zero-order chi connectivity index (χ0) is 14.0. The number of hydrogen-bond acceptors (Lipinski definition) is 2. The van der Waals surface area contributed by atoms with Crippen LogP contribution in [0.2, 0.25) is 0 Å². The molecule has 3 heteroatoms. The third-order valence-corrected chi connectivity index (χ3v) is 5.14. The SMILES string of the molecule is CCC1(C)CCN(c2ccc(Br)cc2C(C)N)CC1. The topological polar surface area (TPSA) is 29.3 Å². The van der Waals surface area contributed by atoms with E-state index in [1.54, 1.807) is 0 Å². The minimum atomic E-state index is 0.0759. The Balaban J connectivity index is 2.20. The van der Waals surface area contributed by atoms with Gasteiger partial charge in [-0.15, -0.1) is 0 Å². The first kappa shape index (κ1) is 14.9. The summed E-state index contributed by atoms with van der Waals surface area (Å²) in [6.07, 6.45) is 3.83. The lowest BCUT2D eigenvalue weighted by Crippen LogP contribution is -2.39. The van der Waals surface area contributed by atoms with Gasteiger partial charge in [-0.25, -0.2) is 0 Å². The molecule has 0 bridgehead atoms. The molecule has 1 aliphatic rings. The van der Waals surface area contributed by atoms with Crippen molar-refractivity contribution in [2.45, 2.75) is 46.1 Å². The molecule has 0 amide bonds. The van der Waals surface area contributed by atoms with E-state index in [2.05, 4.69) is 59.8 Å². The Kier molecular flexibility index (Phi) is 4.57. The van der Waals surface area contributed by atoms with Gasteiger partial charge in [0.25, 0.3) is 0 Å². The molecule has 1 aromatic rings. The summed E-state index contributed by atoms with van der Waals surface area (Å²) in [5.41, 5.74) is 9.21. The average Bonchev–Trinajstić information content (AvgIpc) is 2.40. The number of halogens is 1. The molecule has 1 aromatic carbocycles. The number of piperidine rings is 1. The highest BCUT2D eigenvalue weighted by atomic mass is 79.9. The largest absolute Gasteiger partial charge is 0.371 e. The van der Waals surface area contributed by atoms with Crippen molar-refractivity contribution >= 4 is 21.6 Å². The van der Waals surface area contributed by atoms with Gasteiger partial charge in [-0.1, -0.05) is 36.2 Å². The summed E-state index contributed by atoms with van der Waals surface area (Å²) in [7, 11) is 0. The summed E-state index contributed by atoms with van der Waals surface area (Å²) in [5.74, 6) is 0. The fraction of sp³-hybridized carbons (Fsp3) is 0.625. The first-order valence-electron chi connectivity index (χ1n) is 7.25. The Bertz CT molecular complexity index is 434. The van der Waals surface area contributed by atoms with Gasteiger partial charge >= 0.3 is 0 Å². The zero-order valence-electron chi connectivity index (χ0n) is 12.2. The number of hydrogen-bond donors (Lipinski definition) is 1. The van der Waals surface area contributed by atoms with Crippen molar-refractivity contribution in [1.29, 1.82) is 0 Å². The van der Waals surface area contributed by atoms with Crippen LogP contribution in [-0.4, -0.2) is 13.1 Å². The van der Waals surface area contributed by atoms with E-state index in [-0.39, 0.29) is 6.04 Å². The van der Waals surface area contributed by atoms with Gasteiger partial charge in [0, 0.05) is 29.3 Å². The van der Waals surface area contributed by atoms with Gasteiger partial charge in [0.15, 0.2) is 0 Å². The minimum Gasteiger partial charge on any atom is -0.371 e. The van der Waals surface area contributed by atoms with E-state index in [0.29, 0.717) is 5.41 Å². The lowest BCUT2D eigenvalue weighted by molar-refractivity contribution is 0.238. The summed E-state index contributed by atoms with van der Waals surface area (Å²) in [4.78, 5) is 2.50. The molecule has 0 radical (unpaired) electrons. The van der Waals surface area contributed by atoms with Crippen LogP contribution in [-0.2, 0) is 0 Å². The van der Waals surface area contributed by atoms with E-state index in [1.165, 1.54) is 30.5 Å². The molecule has 1 heterocycles. The quantitative estimate of drug-likeness (QED) is 0.887. The Morgan fingerprint density at radius 1 is 1.37 bits per heavy atom. The third kappa shape index (κ3) is 3.32. The molecule has 2 N–H and O–H groups in total. The van der Waals surface area contributed by atoms with Crippen LogP contribution in [0.15, 0.2) is 22.7 Å². The van der Waals surface area contributed by atoms with Crippen LogP contribution < -0.4 is 10.6 Å². The molecule has 2 rings (SSSR count). The van der Waals surface area contributed by atoms with E-state index in [4.69, 9.17) is 5.73 Å². The zero-order valence-corrected chi connectivity index (χ0v) is 13.8. The Labute approximate surface area is 125 Å². The second-order valence-corrected chi connectivity index (χ2v) is 7.06. The fourth-order valence-corrected chi connectivity index (χ4v) is 3.20. The van der Waals surface area contributed by atoms with Gasteiger partial charge in [0.2, 0.25) is 0 Å². The van der Waals surface area contributed by atoms with Gasteiger partial charge in [-0.2, -0.15) is 0 Å². The van der Waals surface area contributed by atoms with E-state index in [1.807, 2.05) is 0 Å². The highest BCUT2D eigenvalue weighted by Crippen LogP contribution is 2.37. The van der Waals surface area contributed by atoms with E-state index < -0.39 is 0 Å². The van der Waals surface area contributed by atoms with Crippen molar-refractivity contribution in [2.75, 3.05) is 18.0 Å². The first-order valence-corrected chi connectivity index (χ1v) is 8.04. The Morgan fingerprint density at radius 3 is 2.53 bits per heavy atom. The number of nitrogens with zero attached hydrogens (tertiary/aromatic N) is 1. The van der Waals surface area contributed by atoms with Gasteiger partial charge < -0.3 is 10.6 Å². The van der Waals surface area contributed by atoms with Crippen LogP contribution in [0.3, 0.4) is 0 Å². The molecule has 2 nitrogen and oxygen atoms in total. The van der Waals surface area contributed by atoms with Gasteiger partial charge in [-0.3, -0.25) is 0 Å². The maximum atomic E-state index is 6.12. The summed E-state index contributed by atoms with van der Waals surface area (Å²) >= 11 is 3.54. The van der Waals surface area contributed by atoms with E-state index in [0.717, 1.165) is 17.6 Å². The molecule has 0 saturated carbocycles. The van der Waals surface area contributed by atoms with Crippen molar-refractivity contribution in [2.24, 2.45) is 11.1 Å². The fourth-order valence-electron chi connectivity index (χ4n) is 2.82. The average molecular weight is 325 g/mol. The smallest absolute Gasteiger partial charge is 0.0415 e. The summed E-state index contributed by atoms with van der Waals surface area (Å²) in [6, 6.07) is 6.56. The predicted octanol–water partition coefficient (Wildman–Crippen LogP) is 4.49. The molecule has 0 aliphatic carbocycles. The van der Waals surface area contributed by atoms with Crippen LogP contribution in [0.5, 0.6) is 0 Å². The molecule has 1 saturated heterocycles. The van der Waals surface area contributed by atoms with Gasteiger partial charge in [0.1, 0.15) is 0 Å². The second-order valence-electron chi connectivity index (χ2n) is 6.14. The van der Waals surface area contributed by atoms with Gasteiger partial charge in [0.05, 0.1) is 0 Å². The lowest BCUT2D eigenvalue weighted by atomic mass is 9.78. The summed E-state index contributed by atoms with van der Waals surface area (Å²) in [5, 5.41) is 0. The summed E-state index contributed by atoms with van der Waals surface area (Å²) in [6.45, 7) is 9.07. The monoisotopic (exact) mass is 324 g/mol. The van der Waals surface area contributed by atoms with Crippen LogP contribution in [0.1, 0.15) is 51.6 Å². The Hall–Kier alpha value is -0.540. The summed E-state index contributed by atoms with van der Waals surface area (Å²) < 4.78 is 1.11. The molecule has 0 spiro atoms. The highest BCUT2D eigenvalue weighted by molar-refractivity contribution is 9.10. The molecule has 1 unspecified atom stereocenters. The molecule has 1 fully saturated rings. The van der Waals surface area contributed by atoms with Crippen molar-refractivity contribution in [3.8, 4) is 0 Å². The van der Waals surface area contributed by atoms with E-state index in [9.17, 15) is 0 Å². The molecule has 0 aromatic heterocycles. The number of rotatable bonds is 3. The molecule has 19 heavy (non-hydrogen) atoms. The van der Waals surface area contributed by atoms with Crippen molar-refractivity contribution in [3.05, 3.63) is 28.2 Å². The third-order valence-electron chi connectivity index (χ3n) is 4.64. The highest BCUT2D eigenvalue weighted by Gasteiger charge is 2.29. The van der Waals surface area contributed by atoms with Crippen LogP contribution >= 0.6 is 15.9 Å². The maximum Gasteiger partial charge on any atom is 0.0415 e. The second kappa shape index (κ2) is 5.84. The van der Waals surface area contributed by atoms with Crippen LogP contribution in [0.25, 0.3) is 0 Å². The molecular formula is C16H25BrN2. The molecule has 1 atom stereocenters. The Morgan fingerprint density at radius 2 is 2.00 bits per heavy atom. The van der Waals surface area contributed by atoms with Crippen molar-refractivity contribution in [1.82, 2.24) is 0 Å². The maximum absolute atomic E-state index is 6.12. The van der Waals surface area contributed by atoms with E-state index >= 15 is 0 Å². The van der Waals surface area contributed by atoms with Gasteiger partial charge in [-0.05, 0) is 48.9 Å². The van der Waals surface area contributed by atoms with Crippen molar-refractivity contribution in [3.63, 3.8) is 0 Å². The lowest BCUT2D eigenvalue weighted by Gasteiger charge is -2.41. The van der Waals surface area contributed by atoms with Crippen LogP contribution in [0.4, 0.5) is 5.69 Å². The molecule has 1 aliphatic heterocycles. The van der Waals surface area contributed by atoms with Crippen LogP contribution in [0, 0.1) is 5.41 Å². The number of nitrogens with two attached hydrogens (primary N) is 1. The minimum absolute atomic E-state index is 0.0759. The molecule has 106 valence electrons. The number of benzene rings is 1. The van der Waals surface area contributed by atoms with Crippen molar-refractivity contribution < 1.29 is 0 Å². The standard InChI is InChI=1S/C16H25BrN2/c1-4-16(3)7-9-19(10-8-16)15-6-5-13(17)11-14(15)12(2)18/h5-6,11-12H,4,7-10,18H2,1-3H3. The predicted molar refractivity (Wildman–Crippen MR) is 86.6 cm³/mol.